The molecule has 0 unspecified atom stereocenters. The number of carbonyl (C=O) groups excluding carboxylic acids is 1. The summed E-state index contributed by atoms with van der Waals surface area (Å²) < 4.78 is 22.2. The van der Waals surface area contributed by atoms with Crippen molar-refractivity contribution in [3.63, 3.8) is 0 Å². The Hall–Kier alpha value is -0.620. The van der Waals surface area contributed by atoms with Gasteiger partial charge in [-0.1, -0.05) is 6.42 Å². The van der Waals surface area contributed by atoms with Gasteiger partial charge in [0.1, 0.15) is 9.84 Å². The Morgan fingerprint density at radius 3 is 2.36 bits per heavy atom. The van der Waals surface area contributed by atoms with E-state index in [0.29, 0.717) is 12.8 Å². The predicted molar refractivity (Wildman–Crippen MR) is 86.3 cm³/mol. The zero-order valence-corrected chi connectivity index (χ0v) is 14.4. The van der Waals surface area contributed by atoms with Gasteiger partial charge in [0, 0.05) is 44.9 Å². The van der Waals surface area contributed by atoms with Crippen molar-refractivity contribution in [3.8, 4) is 0 Å². The molecule has 1 heterocycles. The van der Waals surface area contributed by atoms with Gasteiger partial charge in [-0.15, -0.1) is 0 Å². The van der Waals surface area contributed by atoms with Crippen molar-refractivity contribution in [2.75, 3.05) is 38.2 Å². The summed E-state index contributed by atoms with van der Waals surface area (Å²) in [4.78, 5) is 16.7. The van der Waals surface area contributed by atoms with Gasteiger partial charge in [0.2, 0.25) is 5.91 Å². The molecule has 2 bridgehead atoms. The quantitative estimate of drug-likeness (QED) is 0.759. The van der Waals surface area contributed by atoms with Crippen LogP contribution in [0.25, 0.3) is 0 Å². The normalized spacial score (nSPS) is 32.6. The molecule has 22 heavy (non-hydrogen) atoms. The third kappa shape index (κ3) is 3.82. The largest absolute Gasteiger partial charge is 0.340 e. The van der Waals surface area contributed by atoms with Gasteiger partial charge in [-0.05, 0) is 37.5 Å². The molecule has 0 N–H and O–H groups in total. The first-order chi connectivity index (χ1) is 10.4. The van der Waals surface area contributed by atoms with Gasteiger partial charge in [0.05, 0.1) is 5.75 Å². The second-order valence-corrected chi connectivity index (χ2v) is 9.65. The number of hydrogen-bond acceptors (Lipinski definition) is 4. The maximum Gasteiger partial charge on any atom is 0.222 e. The van der Waals surface area contributed by atoms with Crippen LogP contribution in [0, 0.1) is 11.8 Å². The molecule has 3 atom stereocenters. The molecule has 126 valence electrons. The summed E-state index contributed by atoms with van der Waals surface area (Å²) in [5.74, 6) is 2.10. The molecular weight excluding hydrogens is 300 g/mol. The van der Waals surface area contributed by atoms with E-state index in [1.54, 1.807) is 0 Å². The lowest BCUT2D eigenvalue weighted by molar-refractivity contribution is -0.133. The molecule has 0 aromatic rings. The number of amides is 1. The summed E-state index contributed by atoms with van der Waals surface area (Å²) in [5.41, 5.74) is 0. The lowest BCUT2D eigenvalue weighted by Crippen LogP contribution is -2.53. The molecule has 2 saturated carbocycles. The fourth-order valence-corrected chi connectivity index (χ4v) is 5.27. The average molecular weight is 328 g/mol. The molecule has 1 saturated heterocycles. The smallest absolute Gasteiger partial charge is 0.222 e. The number of hydrogen-bond donors (Lipinski definition) is 0. The van der Waals surface area contributed by atoms with E-state index in [0.717, 1.165) is 44.1 Å². The van der Waals surface area contributed by atoms with Crippen LogP contribution in [-0.2, 0) is 14.6 Å². The number of rotatable bonds is 5. The van der Waals surface area contributed by atoms with Crippen LogP contribution in [0.2, 0.25) is 0 Å². The van der Waals surface area contributed by atoms with Gasteiger partial charge < -0.3 is 4.90 Å². The van der Waals surface area contributed by atoms with E-state index >= 15 is 0 Å². The van der Waals surface area contributed by atoms with E-state index in [-0.39, 0.29) is 11.7 Å². The van der Waals surface area contributed by atoms with E-state index in [1.165, 1.54) is 31.9 Å². The van der Waals surface area contributed by atoms with E-state index in [1.807, 2.05) is 4.90 Å². The Kier molecular flexibility index (Phi) is 4.78. The SMILES string of the molecule is CS(=O)(=O)CCCC(=O)N1CCN([C@@H]2C[C@H]3CC[C@@H]2C3)CC1. The second-order valence-electron chi connectivity index (χ2n) is 7.39. The van der Waals surface area contributed by atoms with Crippen LogP contribution < -0.4 is 0 Å². The summed E-state index contributed by atoms with van der Waals surface area (Å²) in [6.45, 7) is 3.61. The summed E-state index contributed by atoms with van der Waals surface area (Å²) in [6.07, 6.45) is 7.67. The number of carbonyl (C=O) groups is 1. The Morgan fingerprint density at radius 2 is 1.82 bits per heavy atom. The van der Waals surface area contributed by atoms with Crippen molar-refractivity contribution in [3.05, 3.63) is 0 Å². The minimum Gasteiger partial charge on any atom is -0.340 e. The molecule has 0 aromatic heterocycles. The summed E-state index contributed by atoms with van der Waals surface area (Å²) in [7, 11) is -2.95. The molecule has 2 aliphatic carbocycles. The molecule has 5 nitrogen and oxygen atoms in total. The molecule has 0 aromatic carbocycles. The van der Waals surface area contributed by atoms with Crippen molar-refractivity contribution in [1.29, 1.82) is 0 Å². The zero-order valence-electron chi connectivity index (χ0n) is 13.5. The zero-order chi connectivity index (χ0) is 15.7. The van der Waals surface area contributed by atoms with Crippen LogP contribution in [0.3, 0.4) is 0 Å². The topological polar surface area (TPSA) is 57.7 Å². The molecular formula is C16H28N2O3S. The van der Waals surface area contributed by atoms with E-state index in [4.69, 9.17) is 0 Å². The van der Waals surface area contributed by atoms with Gasteiger partial charge in [0.15, 0.2) is 0 Å². The first kappa shape index (κ1) is 16.2. The number of nitrogens with zero attached hydrogens (tertiary/aromatic N) is 2. The highest BCUT2D eigenvalue weighted by Crippen LogP contribution is 2.46. The lowest BCUT2D eigenvalue weighted by Gasteiger charge is -2.41. The Bertz CT molecular complexity index is 511. The van der Waals surface area contributed by atoms with Crippen LogP contribution in [0.15, 0.2) is 0 Å². The van der Waals surface area contributed by atoms with Crippen LogP contribution >= 0.6 is 0 Å². The van der Waals surface area contributed by atoms with Crippen LogP contribution in [0.4, 0.5) is 0 Å². The highest BCUT2D eigenvalue weighted by molar-refractivity contribution is 7.90. The third-order valence-electron chi connectivity index (χ3n) is 5.74. The van der Waals surface area contributed by atoms with Crippen molar-refractivity contribution in [2.24, 2.45) is 11.8 Å². The standard InChI is InChI=1S/C16H28N2O3S/c1-22(20,21)10-2-3-16(19)18-8-6-17(7-9-18)15-12-13-4-5-14(15)11-13/h13-15H,2-12H2,1H3/t13-,14+,15+/m0/s1. The highest BCUT2D eigenvalue weighted by atomic mass is 32.2. The Balaban J connectivity index is 1.41. The Morgan fingerprint density at radius 1 is 1.09 bits per heavy atom. The van der Waals surface area contributed by atoms with Crippen molar-refractivity contribution in [2.45, 2.75) is 44.6 Å². The van der Waals surface area contributed by atoms with Crippen molar-refractivity contribution < 1.29 is 13.2 Å². The average Bonchev–Trinajstić information content (AvgIpc) is 3.08. The second kappa shape index (κ2) is 6.48. The molecule has 0 spiro atoms. The molecule has 3 aliphatic rings. The van der Waals surface area contributed by atoms with E-state index in [2.05, 4.69) is 4.90 Å². The van der Waals surface area contributed by atoms with Gasteiger partial charge in [-0.3, -0.25) is 9.69 Å². The molecule has 0 radical (unpaired) electrons. The van der Waals surface area contributed by atoms with Gasteiger partial charge in [0.25, 0.3) is 0 Å². The lowest BCUT2D eigenvalue weighted by atomic mass is 9.93. The number of sulfone groups is 1. The molecule has 6 heteroatoms. The maximum atomic E-state index is 12.2. The van der Waals surface area contributed by atoms with Crippen molar-refractivity contribution in [1.82, 2.24) is 9.80 Å². The fraction of sp³-hybridized carbons (Fsp3) is 0.938. The van der Waals surface area contributed by atoms with Gasteiger partial charge in [-0.25, -0.2) is 8.42 Å². The Labute approximate surface area is 134 Å². The van der Waals surface area contributed by atoms with Gasteiger partial charge >= 0.3 is 0 Å². The fourth-order valence-electron chi connectivity index (χ4n) is 4.61. The molecule has 1 aliphatic heterocycles. The van der Waals surface area contributed by atoms with Crippen LogP contribution in [0.5, 0.6) is 0 Å². The van der Waals surface area contributed by atoms with Crippen molar-refractivity contribution >= 4 is 15.7 Å². The molecule has 1 amide bonds. The number of fused-ring (bicyclic) bond motifs is 2. The van der Waals surface area contributed by atoms with E-state index in [9.17, 15) is 13.2 Å². The first-order valence-electron chi connectivity index (χ1n) is 8.62. The van der Waals surface area contributed by atoms with Crippen LogP contribution in [-0.4, -0.2) is 68.4 Å². The summed E-state index contributed by atoms with van der Waals surface area (Å²) in [5, 5.41) is 0. The summed E-state index contributed by atoms with van der Waals surface area (Å²) in [6, 6.07) is 0.765. The van der Waals surface area contributed by atoms with Gasteiger partial charge in [-0.2, -0.15) is 0 Å². The summed E-state index contributed by atoms with van der Waals surface area (Å²) >= 11 is 0. The monoisotopic (exact) mass is 328 g/mol. The highest BCUT2D eigenvalue weighted by Gasteiger charge is 2.42. The third-order valence-corrected chi connectivity index (χ3v) is 6.77. The van der Waals surface area contributed by atoms with E-state index < -0.39 is 9.84 Å². The minimum atomic E-state index is -2.95. The van der Waals surface area contributed by atoms with Crippen LogP contribution in [0.1, 0.15) is 38.5 Å². The maximum absolute atomic E-state index is 12.2. The predicted octanol–water partition coefficient (Wildman–Crippen LogP) is 1.14. The first-order valence-corrected chi connectivity index (χ1v) is 10.7. The minimum absolute atomic E-state index is 0.115. The molecule has 3 fully saturated rings. The molecule has 3 rings (SSSR count). The number of piperazine rings is 1.